The lowest BCUT2D eigenvalue weighted by atomic mass is 9.95. The molecule has 0 aliphatic heterocycles. The highest BCUT2D eigenvalue weighted by Crippen LogP contribution is 2.29. The van der Waals surface area contributed by atoms with Crippen molar-refractivity contribution in [2.45, 2.75) is 62.6 Å². The molecular weight excluding hydrogens is 633 g/mol. The van der Waals surface area contributed by atoms with Crippen molar-refractivity contribution in [1.29, 1.82) is 0 Å². The van der Waals surface area contributed by atoms with Gasteiger partial charge in [-0.05, 0) is 80.4 Å². The van der Waals surface area contributed by atoms with Crippen LogP contribution in [0.1, 0.15) is 44.6 Å². The SMILES string of the molecule is COc1ccc(S(=O)(=O)N(CC(=O)N(Cc2c(Cl)cccc2Cl)[C@@H](C)C(=O)NC2CCCCC2)c2ccc(Cl)cc2)cc1. The number of halogens is 3. The summed E-state index contributed by atoms with van der Waals surface area (Å²) >= 11 is 19.0. The Morgan fingerprint density at radius 1 is 0.930 bits per heavy atom. The summed E-state index contributed by atoms with van der Waals surface area (Å²) in [5.74, 6) is -0.470. The zero-order chi connectivity index (χ0) is 31.1. The van der Waals surface area contributed by atoms with Crippen molar-refractivity contribution in [3.8, 4) is 5.75 Å². The van der Waals surface area contributed by atoms with E-state index in [1.807, 2.05) is 0 Å². The molecule has 3 aromatic carbocycles. The lowest BCUT2D eigenvalue weighted by Crippen LogP contribution is -2.53. The number of hydrogen-bond acceptors (Lipinski definition) is 5. The zero-order valence-corrected chi connectivity index (χ0v) is 27.0. The maximum Gasteiger partial charge on any atom is 0.264 e. The van der Waals surface area contributed by atoms with Crippen molar-refractivity contribution in [2.75, 3.05) is 18.0 Å². The molecule has 1 atom stereocenters. The van der Waals surface area contributed by atoms with Crippen LogP contribution in [0.4, 0.5) is 5.69 Å². The number of nitrogens with zero attached hydrogens (tertiary/aromatic N) is 2. The second-order valence-electron chi connectivity index (χ2n) is 10.4. The molecule has 0 heterocycles. The topological polar surface area (TPSA) is 96.0 Å². The van der Waals surface area contributed by atoms with E-state index >= 15 is 0 Å². The fourth-order valence-corrected chi connectivity index (χ4v) is 7.07. The second kappa shape index (κ2) is 14.7. The minimum absolute atomic E-state index is 0.0190. The van der Waals surface area contributed by atoms with Crippen molar-refractivity contribution in [3.05, 3.63) is 87.4 Å². The Kier molecular flexibility index (Phi) is 11.2. The molecule has 0 spiro atoms. The predicted octanol–water partition coefficient (Wildman–Crippen LogP) is 6.72. The molecule has 4 rings (SSSR count). The summed E-state index contributed by atoms with van der Waals surface area (Å²) in [6.45, 7) is 0.915. The molecule has 3 aromatic rings. The average molecular weight is 667 g/mol. The molecule has 43 heavy (non-hydrogen) atoms. The minimum atomic E-state index is -4.24. The third-order valence-electron chi connectivity index (χ3n) is 7.55. The van der Waals surface area contributed by atoms with Crippen molar-refractivity contribution >= 4 is 62.3 Å². The molecule has 0 bridgehead atoms. The van der Waals surface area contributed by atoms with Gasteiger partial charge in [0.2, 0.25) is 11.8 Å². The van der Waals surface area contributed by atoms with Crippen LogP contribution in [0, 0.1) is 0 Å². The Balaban J connectivity index is 1.70. The Hall–Kier alpha value is -2.98. The van der Waals surface area contributed by atoms with Crippen LogP contribution >= 0.6 is 34.8 Å². The van der Waals surface area contributed by atoms with Gasteiger partial charge >= 0.3 is 0 Å². The monoisotopic (exact) mass is 665 g/mol. The highest BCUT2D eigenvalue weighted by Gasteiger charge is 2.34. The maximum absolute atomic E-state index is 14.1. The standard InChI is InChI=1S/C31H34Cl3N3O5S/c1-21(31(39)35-23-7-4-3-5-8-23)36(19-27-28(33)9-6-10-29(27)34)30(38)20-37(24-13-11-22(32)12-14-24)43(40,41)26-17-15-25(42-2)16-18-26/h6,9-18,21,23H,3-5,7-8,19-20H2,1-2H3,(H,35,39)/t21-/m0/s1. The Morgan fingerprint density at radius 3 is 2.12 bits per heavy atom. The lowest BCUT2D eigenvalue weighted by Gasteiger charge is -2.33. The van der Waals surface area contributed by atoms with Gasteiger partial charge in [0.15, 0.2) is 0 Å². The van der Waals surface area contributed by atoms with Gasteiger partial charge < -0.3 is 15.0 Å². The number of benzene rings is 3. The fraction of sp³-hybridized carbons (Fsp3) is 0.355. The van der Waals surface area contributed by atoms with Gasteiger partial charge in [0.1, 0.15) is 18.3 Å². The van der Waals surface area contributed by atoms with E-state index in [9.17, 15) is 18.0 Å². The van der Waals surface area contributed by atoms with E-state index < -0.39 is 28.5 Å². The van der Waals surface area contributed by atoms with Crippen molar-refractivity contribution in [2.24, 2.45) is 0 Å². The quantitative estimate of drug-likeness (QED) is 0.245. The van der Waals surface area contributed by atoms with Gasteiger partial charge in [0, 0.05) is 33.2 Å². The third kappa shape index (κ3) is 8.15. The van der Waals surface area contributed by atoms with E-state index in [4.69, 9.17) is 39.5 Å². The summed E-state index contributed by atoms with van der Waals surface area (Å²) in [5.41, 5.74) is 0.677. The number of anilines is 1. The summed E-state index contributed by atoms with van der Waals surface area (Å²) < 4.78 is 34.1. The largest absolute Gasteiger partial charge is 0.497 e. The number of carbonyl (C=O) groups is 2. The van der Waals surface area contributed by atoms with E-state index in [-0.39, 0.29) is 29.1 Å². The van der Waals surface area contributed by atoms with Crippen LogP contribution in [0.3, 0.4) is 0 Å². The van der Waals surface area contributed by atoms with Crippen molar-refractivity contribution in [1.82, 2.24) is 10.2 Å². The van der Waals surface area contributed by atoms with Gasteiger partial charge in [-0.15, -0.1) is 0 Å². The van der Waals surface area contributed by atoms with Crippen LogP contribution in [0.2, 0.25) is 15.1 Å². The summed E-state index contributed by atoms with van der Waals surface area (Å²) in [6, 6.07) is 16.0. The van der Waals surface area contributed by atoms with Crippen molar-refractivity contribution < 1.29 is 22.7 Å². The van der Waals surface area contributed by atoms with E-state index in [0.29, 0.717) is 26.4 Å². The first kappa shape index (κ1) is 32.9. The lowest BCUT2D eigenvalue weighted by molar-refractivity contribution is -0.139. The van der Waals surface area contributed by atoms with Gasteiger partial charge in [0.25, 0.3) is 10.0 Å². The zero-order valence-electron chi connectivity index (χ0n) is 23.9. The van der Waals surface area contributed by atoms with Crippen LogP contribution in [0.15, 0.2) is 71.6 Å². The minimum Gasteiger partial charge on any atom is -0.497 e. The maximum atomic E-state index is 14.1. The van der Waals surface area contributed by atoms with Crippen molar-refractivity contribution in [3.63, 3.8) is 0 Å². The Morgan fingerprint density at radius 2 is 1.53 bits per heavy atom. The smallest absolute Gasteiger partial charge is 0.264 e. The fourth-order valence-electron chi connectivity index (χ4n) is 5.02. The Bertz CT molecular complexity index is 1510. The number of sulfonamides is 1. The van der Waals surface area contributed by atoms with Gasteiger partial charge in [-0.3, -0.25) is 13.9 Å². The molecule has 1 saturated carbocycles. The molecule has 0 radical (unpaired) electrons. The summed E-state index contributed by atoms with van der Waals surface area (Å²) in [4.78, 5) is 28.9. The highest BCUT2D eigenvalue weighted by atomic mass is 35.5. The van der Waals surface area contributed by atoms with Gasteiger partial charge in [-0.2, -0.15) is 0 Å². The summed E-state index contributed by atoms with van der Waals surface area (Å²) in [6.07, 6.45) is 4.91. The second-order valence-corrected chi connectivity index (χ2v) is 13.5. The molecule has 0 unspecified atom stereocenters. The van der Waals surface area contributed by atoms with Crippen LogP contribution in [-0.4, -0.2) is 50.9 Å². The molecule has 1 aliphatic carbocycles. The van der Waals surface area contributed by atoms with Gasteiger partial charge in [-0.25, -0.2) is 8.42 Å². The number of amides is 2. The number of carbonyl (C=O) groups excluding carboxylic acids is 2. The highest BCUT2D eigenvalue weighted by molar-refractivity contribution is 7.92. The first-order valence-corrected chi connectivity index (χ1v) is 16.5. The summed E-state index contributed by atoms with van der Waals surface area (Å²) in [7, 11) is -2.76. The number of ether oxygens (including phenoxy) is 1. The molecule has 1 fully saturated rings. The molecule has 0 saturated heterocycles. The molecule has 0 aromatic heterocycles. The molecule has 8 nitrogen and oxygen atoms in total. The van der Waals surface area contributed by atoms with Crippen LogP contribution in [0.5, 0.6) is 5.75 Å². The number of rotatable bonds is 11. The van der Waals surface area contributed by atoms with E-state index in [1.165, 1.54) is 48.4 Å². The molecule has 230 valence electrons. The molecule has 1 aliphatic rings. The number of nitrogens with one attached hydrogen (secondary N) is 1. The van der Waals surface area contributed by atoms with E-state index in [0.717, 1.165) is 36.4 Å². The molecular formula is C31H34Cl3N3O5S. The molecule has 2 amide bonds. The summed E-state index contributed by atoms with van der Waals surface area (Å²) in [5, 5.41) is 4.12. The number of hydrogen-bond donors (Lipinski definition) is 1. The predicted molar refractivity (Wildman–Crippen MR) is 170 cm³/mol. The van der Waals surface area contributed by atoms with E-state index in [2.05, 4.69) is 5.32 Å². The van der Waals surface area contributed by atoms with Crippen LogP contribution in [0.25, 0.3) is 0 Å². The first-order chi connectivity index (χ1) is 20.5. The molecule has 12 heteroatoms. The first-order valence-electron chi connectivity index (χ1n) is 14.0. The van der Waals surface area contributed by atoms with Crippen LogP contribution in [-0.2, 0) is 26.2 Å². The Labute approximate surface area is 267 Å². The average Bonchev–Trinajstić information content (AvgIpc) is 3.00. The van der Waals surface area contributed by atoms with Gasteiger partial charge in [-0.1, -0.05) is 60.1 Å². The van der Waals surface area contributed by atoms with Crippen LogP contribution < -0.4 is 14.4 Å². The normalized spacial score (nSPS) is 14.5. The van der Waals surface area contributed by atoms with E-state index in [1.54, 1.807) is 37.3 Å². The van der Waals surface area contributed by atoms with Gasteiger partial charge in [0.05, 0.1) is 17.7 Å². The third-order valence-corrected chi connectivity index (χ3v) is 10.3. The number of methoxy groups -OCH3 is 1. The molecule has 1 N–H and O–H groups in total.